The zero-order valence-corrected chi connectivity index (χ0v) is 8.22. The third-order valence-electron chi connectivity index (χ3n) is 2.36. The maximum absolute atomic E-state index is 11.4. The van der Waals surface area contributed by atoms with E-state index < -0.39 is 6.10 Å². The Morgan fingerprint density at radius 2 is 2.07 bits per heavy atom. The van der Waals surface area contributed by atoms with Crippen molar-refractivity contribution in [3.63, 3.8) is 0 Å². The highest BCUT2D eigenvalue weighted by Gasteiger charge is 2.33. The Morgan fingerprint density at radius 1 is 1.40 bits per heavy atom. The summed E-state index contributed by atoms with van der Waals surface area (Å²) in [6.45, 7) is 0. The zero-order chi connectivity index (χ0) is 10.7. The first kappa shape index (κ1) is 9.72. The van der Waals surface area contributed by atoms with E-state index in [4.69, 9.17) is 10.00 Å². The third-order valence-corrected chi connectivity index (χ3v) is 2.36. The van der Waals surface area contributed by atoms with Gasteiger partial charge in [0.05, 0.1) is 5.92 Å². The van der Waals surface area contributed by atoms with Crippen molar-refractivity contribution in [1.82, 2.24) is 0 Å². The minimum absolute atomic E-state index is 0.0320. The fourth-order valence-electron chi connectivity index (χ4n) is 1.33. The lowest BCUT2D eigenvalue weighted by molar-refractivity contribution is -0.148. The fourth-order valence-corrected chi connectivity index (χ4v) is 1.33. The topological polar surface area (TPSA) is 50.1 Å². The first-order valence-corrected chi connectivity index (χ1v) is 4.96. The van der Waals surface area contributed by atoms with Crippen molar-refractivity contribution >= 4 is 5.97 Å². The number of hydrogen-bond donors (Lipinski definition) is 0. The van der Waals surface area contributed by atoms with Gasteiger partial charge in [0.1, 0.15) is 6.07 Å². The van der Waals surface area contributed by atoms with Crippen molar-refractivity contribution in [2.24, 2.45) is 5.92 Å². The van der Waals surface area contributed by atoms with Crippen LogP contribution in [-0.4, -0.2) is 5.97 Å². The number of nitrogens with zero attached hydrogens (tertiary/aromatic N) is 1. The minimum Gasteiger partial charge on any atom is -0.442 e. The molecule has 0 aromatic heterocycles. The maximum atomic E-state index is 11.4. The molecule has 1 saturated carbocycles. The number of esters is 1. The minimum atomic E-state index is -0.765. The second-order valence-corrected chi connectivity index (χ2v) is 3.63. The Bertz CT molecular complexity index is 390. The van der Waals surface area contributed by atoms with Crippen LogP contribution in [0.4, 0.5) is 0 Å². The summed E-state index contributed by atoms with van der Waals surface area (Å²) in [6, 6.07) is 11.1. The second-order valence-electron chi connectivity index (χ2n) is 3.63. The molecule has 1 fully saturated rings. The van der Waals surface area contributed by atoms with Crippen LogP contribution in [-0.2, 0) is 9.53 Å². The molecule has 3 heteroatoms. The Labute approximate surface area is 88.3 Å². The number of nitriles is 1. The van der Waals surface area contributed by atoms with E-state index in [2.05, 4.69) is 0 Å². The van der Waals surface area contributed by atoms with E-state index in [1.165, 1.54) is 0 Å². The summed E-state index contributed by atoms with van der Waals surface area (Å²) in [5.74, 6) is -0.213. The van der Waals surface area contributed by atoms with Gasteiger partial charge in [-0.1, -0.05) is 30.3 Å². The van der Waals surface area contributed by atoms with Gasteiger partial charge in [0.25, 0.3) is 0 Å². The summed E-state index contributed by atoms with van der Waals surface area (Å²) in [5, 5.41) is 8.90. The first-order chi connectivity index (χ1) is 7.31. The molecule has 0 spiro atoms. The Kier molecular flexibility index (Phi) is 2.68. The summed E-state index contributed by atoms with van der Waals surface area (Å²) in [7, 11) is 0. The van der Waals surface area contributed by atoms with Gasteiger partial charge >= 0.3 is 5.97 Å². The molecule has 1 unspecified atom stereocenters. The summed E-state index contributed by atoms with van der Waals surface area (Å²) < 4.78 is 5.11. The molecular formula is C12H11NO2. The number of ether oxygens (including phenoxy) is 1. The average molecular weight is 201 g/mol. The first-order valence-electron chi connectivity index (χ1n) is 4.96. The van der Waals surface area contributed by atoms with E-state index in [0.717, 1.165) is 18.4 Å². The zero-order valence-electron chi connectivity index (χ0n) is 8.22. The van der Waals surface area contributed by atoms with Gasteiger partial charge in [0.2, 0.25) is 6.10 Å². The molecule has 0 saturated heterocycles. The smallest absolute Gasteiger partial charge is 0.310 e. The number of hydrogen-bond acceptors (Lipinski definition) is 3. The van der Waals surface area contributed by atoms with Crippen LogP contribution >= 0.6 is 0 Å². The van der Waals surface area contributed by atoms with E-state index in [-0.39, 0.29) is 11.9 Å². The monoisotopic (exact) mass is 201 g/mol. The highest BCUT2D eigenvalue weighted by atomic mass is 16.5. The Hall–Kier alpha value is -1.82. The van der Waals surface area contributed by atoms with Crippen LogP contribution in [0.5, 0.6) is 0 Å². The van der Waals surface area contributed by atoms with E-state index in [0.29, 0.717) is 0 Å². The van der Waals surface area contributed by atoms with Crippen molar-refractivity contribution in [2.45, 2.75) is 18.9 Å². The quantitative estimate of drug-likeness (QED) is 0.704. The highest BCUT2D eigenvalue weighted by molar-refractivity contribution is 5.75. The lowest BCUT2D eigenvalue weighted by atomic mass is 10.1. The number of carbonyl (C=O) groups excluding carboxylic acids is 1. The average Bonchev–Trinajstić information content (AvgIpc) is 3.10. The van der Waals surface area contributed by atoms with Gasteiger partial charge in [-0.15, -0.1) is 0 Å². The molecule has 0 bridgehead atoms. The van der Waals surface area contributed by atoms with Crippen molar-refractivity contribution in [3.8, 4) is 6.07 Å². The van der Waals surface area contributed by atoms with Gasteiger partial charge in [-0.2, -0.15) is 5.26 Å². The van der Waals surface area contributed by atoms with Crippen LogP contribution < -0.4 is 0 Å². The normalized spacial score (nSPS) is 16.5. The maximum Gasteiger partial charge on any atom is 0.310 e. The van der Waals surface area contributed by atoms with Crippen LogP contribution in [0.3, 0.4) is 0 Å². The fraction of sp³-hybridized carbons (Fsp3) is 0.333. The van der Waals surface area contributed by atoms with Gasteiger partial charge in [-0.3, -0.25) is 4.79 Å². The van der Waals surface area contributed by atoms with E-state index in [1.54, 1.807) is 12.1 Å². The predicted octanol–water partition coefficient (Wildman–Crippen LogP) is 2.20. The highest BCUT2D eigenvalue weighted by Crippen LogP contribution is 2.32. The molecule has 0 aliphatic heterocycles. The van der Waals surface area contributed by atoms with Gasteiger partial charge in [0, 0.05) is 5.56 Å². The standard InChI is InChI=1S/C12H11NO2/c13-8-11(9-4-2-1-3-5-9)15-12(14)10-6-7-10/h1-5,10-11H,6-7H2. The molecule has 1 aromatic carbocycles. The number of carbonyl (C=O) groups is 1. The van der Waals surface area contributed by atoms with E-state index in [1.807, 2.05) is 24.3 Å². The molecule has 0 heterocycles. The molecule has 0 radical (unpaired) electrons. The molecule has 0 amide bonds. The van der Waals surface area contributed by atoms with Crippen molar-refractivity contribution in [2.75, 3.05) is 0 Å². The summed E-state index contributed by atoms with van der Waals surface area (Å²) in [4.78, 5) is 11.4. The van der Waals surface area contributed by atoms with E-state index >= 15 is 0 Å². The van der Waals surface area contributed by atoms with Gasteiger partial charge in [0.15, 0.2) is 0 Å². The molecule has 1 aromatic rings. The van der Waals surface area contributed by atoms with Crippen LogP contribution in [0.2, 0.25) is 0 Å². The third kappa shape index (κ3) is 2.35. The largest absolute Gasteiger partial charge is 0.442 e. The van der Waals surface area contributed by atoms with Gasteiger partial charge < -0.3 is 4.74 Å². The molecule has 1 atom stereocenters. The Balaban J connectivity index is 2.05. The molecule has 15 heavy (non-hydrogen) atoms. The molecular weight excluding hydrogens is 190 g/mol. The molecule has 1 aliphatic carbocycles. The van der Waals surface area contributed by atoms with Crippen molar-refractivity contribution in [1.29, 1.82) is 5.26 Å². The van der Waals surface area contributed by atoms with E-state index in [9.17, 15) is 4.79 Å². The van der Waals surface area contributed by atoms with Crippen LogP contribution in [0.25, 0.3) is 0 Å². The molecule has 3 nitrogen and oxygen atoms in total. The predicted molar refractivity (Wildman–Crippen MR) is 53.6 cm³/mol. The van der Waals surface area contributed by atoms with Crippen LogP contribution in [0, 0.1) is 17.2 Å². The number of benzene rings is 1. The lowest BCUT2D eigenvalue weighted by Crippen LogP contribution is -2.11. The second kappa shape index (κ2) is 4.14. The molecule has 0 N–H and O–H groups in total. The van der Waals surface area contributed by atoms with Gasteiger partial charge in [-0.05, 0) is 12.8 Å². The SMILES string of the molecule is N#CC(OC(=O)C1CC1)c1ccccc1. The summed E-state index contributed by atoms with van der Waals surface area (Å²) in [6.07, 6.45) is 1.02. The van der Waals surface area contributed by atoms with Crippen molar-refractivity contribution in [3.05, 3.63) is 35.9 Å². The van der Waals surface area contributed by atoms with Gasteiger partial charge in [-0.25, -0.2) is 0 Å². The number of rotatable bonds is 3. The van der Waals surface area contributed by atoms with Crippen LogP contribution in [0.15, 0.2) is 30.3 Å². The Morgan fingerprint density at radius 3 is 2.60 bits per heavy atom. The summed E-state index contributed by atoms with van der Waals surface area (Å²) in [5.41, 5.74) is 0.731. The molecule has 1 aliphatic rings. The molecule has 2 rings (SSSR count). The van der Waals surface area contributed by atoms with Crippen LogP contribution in [0.1, 0.15) is 24.5 Å². The lowest BCUT2D eigenvalue weighted by Gasteiger charge is -2.10. The summed E-state index contributed by atoms with van der Waals surface area (Å²) >= 11 is 0. The van der Waals surface area contributed by atoms with Crippen molar-refractivity contribution < 1.29 is 9.53 Å². The molecule has 76 valence electrons.